The standard InChI is InChI=1S/C11H21NO2/c1-9(2)10-5-3-4-6-11(14)12(10)7-8-13/h9-10,13H,3-8H2,1-2H3. The normalized spacial score (nSPS) is 24.1. The first-order chi connectivity index (χ1) is 6.66. The van der Waals surface area contributed by atoms with E-state index in [4.69, 9.17) is 5.11 Å². The van der Waals surface area contributed by atoms with E-state index in [1.165, 1.54) is 0 Å². The van der Waals surface area contributed by atoms with Crippen LogP contribution in [-0.2, 0) is 4.79 Å². The van der Waals surface area contributed by atoms with Crippen LogP contribution in [0.5, 0.6) is 0 Å². The van der Waals surface area contributed by atoms with Crippen molar-refractivity contribution in [2.45, 2.75) is 45.6 Å². The summed E-state index contributed by atoms with van der Waals surface area (Å²) in [7, 11) is 0. The van der Waals surface area contributed by atoms with Crippen molar-refractivity contribution in [2.24, 2.45) is 5.92 Å². The van der Waals surface area contributed by atoms with Crippen LogP contribution in [0.4, 0.5) is 0 Å². The minimum absolute atomic E-state index is 0.0783. The molecule has 1 heterocycles. The average Bonchev–Trinajstić information content (AvgIpc) is 2.30. The lowest BCUT2D eigenvalue weighted by molar-refractivity contribution is -0.134. The van der Waals surface area contributed by atoms with Crippen molar-refractivity contribution >= 4 is 5.91 Å². The lowest BCUT2D eigenvalue weighted by Crippen LogP contribution is -2.43. The van der Waals surface area contributed by atoms with E-state index in [0.29, 0.717) is 24.9 Å². The molecular formula is C11H21NO2. The molecule has 0 aromatic rings. The molecule has 1 rings (SSSR count). The fourth-order valence-electron chi connectivity index (χ4n) is 2.21. The van der Waals surface area contributed by atoms with Crippen LogP contribution in [0.2, 0.25) is 0 Å². The van der Waals surface area contributed by atoms with Crippen molar-refractivity contribution in [3.63, 3.8) is 0 Å². The fraction of sp³-hybridized carbons (Fsp3) is 0.909. The van der Waals surface area contributed by atoms with Gasteiger partial charge in [0, 0.05) is 19.0 Å². The van der Waals surface area contributed by atoms with Crippen molar-refractivity contribution < 1.29 is 9.90 Å². The van der Waals surface area contributed by atoms with Crippen molar-refractivity contribution in [3.8, 4) is 0 Å². The van der Waals surface area contributed by atoms with Crippen molar-refractivity contribution in [2.75, 3.05) is 13.2 Å². The van der Waals surface area contributed by atoms with Gasteiger partial charge in [-0.05, 0) is 18.8 Å². The summed E-state index contributed by atoms with van der Waals surface area (Å²) in [5, 5.41) is 8.93. The first-order valence-electron chi connectivity index (χ1n) is 5.57. The maximum atomic E-state index is 11.7. The molecule has 1 saturated heterocycles. The lowest BCUT2D eigenvalue weighted by atomic mass is 9.98. The van der Waals surface area contributed by atoms with Crippen LogP contribution in [0.25, 0.3) is 0 Å². The molecule has 1 aliphatic rings. The Kier molecular flexibility index (Phi) is 4.39. The molecule has 82 valence electrons. The largest absolute Gasteiger partial charge is 0.395 e. The minimum Gasteiger partial charge on any atom is -0.395 e. The van der Waals surface area contributed by atoms with Crippen molar-refractivity contribution in [1.29, 1.82) is 0 Å². The highest BCUT2D eigenvalue weighted by Gasteiger charge is 2.27. The predicted octanol–water partition coefficient (Wildman–Crippen LogP) is 1.41. The van der Waals surface area contributed by atoms with Gasteiger partial charge in [-0.15, -0.1) is 0 Å². The molecule has 0 saturated carbocycles. The number of carbonyl (C=O) groups is 1. The van der Waals surface area contributed by atoms with E-state index in [0.717, 1.165) is 19.3 Å². The maximum absolute atomic E-state index is 11.7. The SMILES string of the molecule is CC(C)C1CCCCC(=O)N1CCO. The molecule has 3 heteroatoms. The van der Waals surface area contributed by atoms with E-state index < -0.39 is 0 Å². The van der Waals surface area contributed by atoms with Crippen LogP contribution in [0, 0.1) is 5.92 Å². The second-order valence-corrected chi connectivity index (χ2v) is 4.37. The van der Waals surface area contributed by atoms with E-state index >= 15 is 0 Å². The third kappa shape index (κ3) is 2.71. The molecule has 0 aromatic carbocycles. The molecular weight excluding hydrogens is 178 g/mol. The second-order valence-electron chi connectivity index (χ2n) is 4.37. The number of aliphatic hydroxyl groups is 1. The van der Waals surface area contributed by atoms with Crippen LogP contribution in [0.15, 0.2) is 0 Å². The average molecular weight is 199 g/mol. The number of nitrogens with zero attached hydrogens (tertiary/aromatic N) is 1. The smallest absolute Gasteiger partial charge is 0.222 e. The Balaban J connectivity index is 2.70. The third-order valence-corrected chi connectivity index (χ3v) is 2.97. The molecule has 0 spiro atoms. The van der Waals surface area contributed by atoms with Crippen LogP contribution < -0.4 is 0 Å². The monoisotopic (exact) mass is 199 g/mol. The van der Waals surface area contributed by atoms with Gasteiger partial charge >= 0.3 is 0 Å². The van der Waals surface area contributed by atoms with Crippen LogP contribution in [0.1, 0.15) is 39.5 Å². The third-order valence-electron chi connectivity index (χ3n) is 2.97. The summed E-state index contributed by atoms with van der Waals surface area (Å²) in [6.07, 6.45) is 3.88. The van der Waals surface area contributed by atoms with Crippen molar-refractivity contribution in [1.82, 2.24) is 4.90 Å². The number of hydrogen-bond acceptors (Lipinski definition) is 2. The Morgan fingerprint density at radius 2 is 2.21 bits per heavy atom. The summed E-state index contributed by atoms with van der Waals surface area (Å²) in [5.74, 6) is 0.707. The van der Waals surface area contributed by atoms with Gasteiger partial charge in [-0.2, -0.15) is 0 Å². The topological polar surface area (TPSA) is 40.5 Å². The fourth-order valence-corrected chi connectivity index (χ4v) is 2.21. The lowest BCUT2D eigenvalue weighted by Gasteiger charge is -2.32. The predicted molar refractivity (Wildman–Crippen MR) is 55.9 cm³/mol. The Morgan fingerprint density at radius 3 is 2.79 bits per heavy atom. The van der Waals surface area contributed by atoms with E-state index in [1.807, 2.05) is 4.90 Å². The van der Waals surface area contributed by atoms with Gasteiger partial charge in [-0.3, -0.25) is 4.79 Å². The molecule has 1 atom stereocenters. The van der Waals surface area contributed by atoms with E-state index in [2.05, 4.69) is 13.8 Å². The highest BCUT2D eigenvalue weighted by molar-refractivity contribution is 5.76. The van der Waals surface area contributed by atoms with Crippen LogP contribution in [-0.4, -0.2) is 35.1 Å². The molecule has 3 nitrogen and oxygen atoms in total. The molecule has 0 aromatic heterocycles. The zero-order chi connectivity index (χ0) is 10.6. The van der Waals surface area contributed by atoms with Gasteiger partial charge < -0.3 is 10.0 Å². The van der Waals surface area contributed by atoms with E-state index in [9.17, 15) is 4.79 Å². The van der Waals surface area contributed by atoms with Gasteiger partial charge in [0.1, 0.15) is 0 Å². The van der Waals surface area contributed by atoms with Gasteiger partial charge in [0.05, 0.1) is 6.61 Å². The van der Waals surface area contributed by atoms with E-state index in [-0.39, 0.29) is 12.5 Å². The molecule has 0 aliphatic carbocycles. The molecule has 1 amide bonds. The number of hydrogen-bond donors (Lipinski definition) is 1. The van der Waals surface area contributed by atoms with Crippen LogP contribution >= 0.6 is 0 Å². The molecule has 0 bridgehead atoms. The van der Waals surface area contributed by atoms with E-state index in [1.54, 1.807) is 0 Å². The zero-order valence-electron chi connectivity index (χ0n) is 9.20. The Morgan fingerprint density at radius 1 is 1.50 bits per heavy atom. The quantitative estimate of drug-likeness (QED) is 0.746. The molecule has 1 fully saturated rings. The summed E-state index contributed by atoms with van der Waals surface area (Å²) >= 11 is 0. The molecule has 1 N–H and O–H groups in total. The van der Waals surface area contributed by atoms with Gasteiger partial charge in [-0.1, -0.05) is 20.3 Å². The van der Waals surface area contributed by atoms with Crippen LogP contribution in [0.3, 0.4) is 0 Å². The van der Waals surface area contributed by atoms with Crippen molar-refractivity contribution in [3.05, 3.63) is 0 Å². The summed E-state index contributed by atoms with van der Waals surface area (Å²) in [6.45, 7) is 4.87. The van der Waals surface area contributed by atoms with Gasteiger partial charge in [0.15, 0.2) is 0 Å². The number of aliphatic hydroxyl groups excluding tert-OH is 1. The minimum atomic E-state index is 0.0783. The molecule has 0 radical (unpaired) electrons. The zero-order valence-corrected chi connectivity index (χ0v) is 9.20. The first kappa shape index (κ1) is 11.5. The number of rotatable bonds is 3. The first-order valence-corrected chi connectivity index (χ1v) is 5.57. The Labute approximate surface area is 86.1 Å². The van der Waals surface area contributed by atoms with Gasteiger partial charge in [-0.25, -0.2) is 0 Å². The van der Waals surface area contributed by atoms with Gasteiger partial charge in [0.25, 0.3) is 0 Å². The number of likely N-dealkylation sites (tertiary alicyclic amines) is 1. The highest BCUT2D eigenvalue weighted by Crippen LogP contribution is 2.22. The summed E-state index contributed by atoms with van der Waals surface area (Å²) < 4.78 is 0. The summed E-state index contributed by atoms with van der Waals surface area (Å²) in [6, 6.07) is 0.331. The Hall–Kier alpha value is -0.570. The van der Waals surface area contributed by atoms with Gasteiger partial charge in [0.2, 0.25) is 5.91 Å². The summed E-state index contributed by atoms with van der Waals surface area (Å²) in [4.78, 5) is 13.6. The summed E-state index contributed by atoms with van der Waals surface area (Å²) in [5.41, 5.74) is 0. The number of β-amino-alcohol motifs (C(OH)–C–C–N with tert-alkyl or cyclic N) is 1. The maximum Gasteiger partial charge on any atom is 0.222 e. The number of amides is 1. The molecule has 1 aliphatic heterocycles. The number of carbonyl (C=O) groups excluding carboxylic acids is 1. The molecule has 1 unspecified atom stereocenters. The second kappa shape index (κ2) is 5.35. The Bertz CT molecular complexity index is 192. The molecule has 14 heavy (non-hydrogen) atoms. The highest BCUT2D eigenvalue weighted by atomic mass is 16.3.